The van der Waals surface area contributed by atoms with Crippen molar-refractivity contribution >= 4 is 23.2 Å². The third-order valence-corrected chi connectivity index (χ3v) is 4.93. The Bertz CT molecular complexity index is 813. The van der Waals surface area contributed by atoms with Crippen LogP contribution in [-0.2, 0) is 9.59 Å². The molecule has 5 nitrogen and oxygen atoms in total. The van der Waals surface area contributed by atoms with Crippen LogP contribution in [0, 0.1) is 18.8 Å². The highest BCUT2D eigenvalue weighted by Crippen LogP contribution is 2.26. The standard InChI is InChI=1S/C23H28N2O3/c1-16(2)12-13-28-21-10-6-19(7-11-21)24-23(27)18-14-22(26)25(15-18)20-8-4-17(3)5-9-20/h4-11,16,18H,12-15H2,1-3H3,(H,24,27)/t18-/m1/s1. The highest BCUT2D eigenvalue weighted by Gasteiger charge is 2.35. The lowest BCUT2D eigenvalue weighted by atomic mass is 10.1. The van der Waals surface area contributed by atoms with E-state index in [-0.39, 0.29) is 24.2 Å². The monoisotopic (exact) mass is 380 g/mol. The molecular formula is C23H28N2O3. The van der Waals surface area contributed by atoms with Gasteiger partial charge in [-0.3, -0.25) is 9.59 Å². The fraction of sp³-hybridized carbons (Fsp3) is 0.391. The Kier molecular flexibility index (Phi) is 6.34. The summed E-state index contributed by atoms with van der Waals surface area (Å²) in [5, 5.41) is 2.91. The highest BCUT2D eigenvalue weighted by atomic mass is 16.5. The van der Waals surface area contributed by atoms with Gasteiger partial charge in [0.15, 0.2) is 0 Å². The Morgan fingerprint density at radius 2 is 1.82 bits per heavy atom. The first-order valence-corrected chi connectivity index (χ1v) is 9.83. The van der Waals surface area contributed by atoms with Crippen LogP contribution in [0.15, 0.2) is 48.5 Å². The molecule has 0 aromatic heterocycles. The minimum atomic E-state index is -0.351. The van der Waals surface area contributed by atoms with Gasteiger partial charge in [-0.15, -0.1) is 0 Å². The van der Waals surface area contributed by atoms with Crippen molar-refractivity contribution in [1.82, 2.24) is 0 Å². The van der Waals surface area contributed by atoms with E-state index in [1.54, 1.807) is 4.90 Å². The second kappa shape index (κ2) is 8.91. The van der Waals surface area contributed by atoms with E-state index in [9.17, 15) is 9.59 Å². The predicted octanol–water partition coefficient (Wildman–Crippen LogP) is 4.41. The highest BCUT2D eigenvalue weighted by molar-refractivity contribution is 6.03. The number of hydrogen-bond donors (Lipinski definition) is 1. The number of rotatable bonds is 7. The maximum atomic E-state index is 12.6. The molecule has 1 N–H and O–H groups in total. The number of ether oxygens (including phenoxy) is 1. The molecule has 0 spiro atoms. The lowest BCUT2D eigenvalue weighted by molar-refractivity contribution is -0.122. The van der Waals surface area contributed by atoms with E-state index in [2.05, 4.69) is 19.2 Å². The summed E-state index contributed by atoms with van der Waals surface area (Å²) >= 11 is 0. The molecule has 0 unspecified atom stereocenters. The average Bonchev–Trinajstić information content (AvgIpc) is 3.05. The van der Waals surface area contributed by atoms with Gasteiger partial charge in [-0.25, -0.2) is 0 Å². The van der Waals surface area contributed by atoms with Crippen LogP contribution >= 0.6 is 0 Å². The van der Waals surface area contributed by atoms with Crippen molar-refractivity contribution in [1.29, 1.82) is 0 Å². The molecule has 1 heterocycles. The van der Waals surface area contributed by atoms with E-state index < -0.39 is 0 Å². The molecule has 1 fully saturated rings. The molecule has 28 heavy (non-hydrogen) atoms. The predicted molar refractivity (Wildman–Crippen MR) is 112 cm³/mol. The number of carbonyl (C=O) groups is 2. The molecule has 0 bridgehead atoms. The fourth-order valence-electron chi connectivity index (χ4n) is 3.15. The molecule has 148 valence electrons. The fourth-order valence-corrected chi connectivity index (χ4v) is 3.15. The van der Waals surface area contributed by atoms with Crippen molar-refractivity contribution < 1.29 is 14.3 Å². The molecule has 1 aliphatic rings. The number of nitrogens with one attached hydrogen (secondary N) is 1. The van der Waals surface area contributed by atoms with Gasteiger partial charge in [0, 0.05) is 24.3 Å². The number of carbonyl (C=O) groups excluding carboxylic acids is 2. The molecule has 3 rings (SSSR count). The van der Waals surface area contributed by atoms with Crippen molar-refractivity contribution in [3.05, 3.63) is 54.1 Å². The van der Waals surface area contributed by atoms with Crippen LogP contribution in [0.3, 0.4) is 0 Å². The summed E-state index contributed by atoms with van der Waals surface area (Å²) in [6.07, 6.45) is 1.24. The summed E-state index contributed by atoms with van der Waals surface area (Å²) in [5.41, 5.74) is 2.69. The van der Waals surface area contributed by atoms with E-state index in [0.29, 0.717) is 24.8 Å². The van der Waals surface area contributed by atoms with Crippen molar-refractivity contribution in [3.8, 4) is 5.75 Å². The zero-order valence-electron chi connectivity index (χ0n) is 16.8. The molecule has 0 saturated carbocycles. The molecule has 1 atom stereocenters. The zero-order valence-corrected chi connectivity index (χ0v) is 16.8. The van der Waals surface area contributed by atoms with Crippen LogP contribution in [0.1, 0.15) is 32.3 Å². The SMILES string of the molecule is Cc1ccc(N2C[C@H](C(=O)Nc3ccc(OCCC(C)C)cc3)CC2=O)cc1. The van der Waals surface area contributed by atoms with Gasteiger partial charge in [0.05, 0.1) is 12.5 Å². The first-order chi connectivity index (χ1) is 13.4. The number of amides is 2. The molecule has 5 heteroatoms. The summed E-state index contributed by atoms with van der Waals surface area (Å²) in [6.45, 7) is 7.42. The normalized spacial score (nSPS) is 16.5. The van der Waals surface area contributed by atoms with E-state index in [4.69, 9.17) is 4.74 Å². The van der Waals surface area contributed by atoms with Crippen LogP contribution in [0.5, 0.6) is 5.75 Å². The van der Waals surface area contributed by atoms with E-state index in [1.165, 1.54) is 0 Å². The van der Waals surface area contributed by atoms with Crippen molar-refractivity contribution in [2.45, 2.75) is 33.6 Å². The zero-order chi connectivity index (χ0) is 20.1. The van der Waals surface area contributed by atoms with Gasteiger partial charge in [0.25, 0.3) is 0 Å². The van der Waals surface area contributed by atoms with Gasteiger partial charge in [-0.1, -0.05) is 31.5 Å². The van der Waals surface area contributed by atoms with E-state index >= 15 is 0 Å². The number of nitrogens with zero attached hydrogens (tertiary/aromatic N) is 1. The van der Waals surface area contributed by atoms with Gasteiger partial charge in [0.2, 0.25) is 11.8 Å². The second-order valence-electron chi connectivity index (χ2n) is 7.79. The first kappa shape index (κ1) is 19.9. The Hall–Kier alpha value is -2.82. The summed E-state index contributed by atoms with van der Waals surface area (Å²) in [5.74, 6) is 0.900. The van der Waals surface area contributed by atoms with Crippen LogP contribution in [-0.4, -0.2) is 25.0 Å². The topological polar surface area (TPSA) is 58.6 Å². The van der Waals surface area contributed by atoms with Crippen LogP contribution in [0.25, 0.3) is 0 Å². The van der Waals surface area contributed by atoms with Gasteiger partial charge < -0.3 is 15.0 Å². The van der Waals surface area contributed by atoms with Crippen molar-refractivity contribution in [2.24, 2.45) is 11.8 Å². The molecule has 1 saturated heterocycles. The van der Waals surface area contributed by atoms with Gasteiger partial charge in [-0.05, 0) is 55.7 Å². The Labute approximate surface area is 166 Å². The summed E-state index contributed by atoms with van der Waals surface area (Å²) < 4.78 is 5.70. The largest absolute Gasteiger partial charge is 0.494 e. The third-order valence-electron chi connectivity index (χ3n) is 4.93. The Morgan fingerprint density at radius 3 is 2.46 bits per heavy atom. The van der Waals surface area contributed by atoms with Crippen LogP contribution in [0.2, 0.25) is 0 Å². The Balaban J connectivity index is 1.54. The van der Waals surface area contributed by atoms with Crippen LogP contribution in [0.4, 0.5) is 11.4 Å². The maximum Gasteiger partial charge on any atom is 0.229 e. The molecule has 0 aliphatic carbocycles. The van der Waals surface area contributed by atoms with E-state index in [1.807, 2.05) is 55.5 Å². The second-order valence-corrected chi connectivity index (χ2v) is 7.79. The number of benzene rings is 2. The summed E-state index contributed by atoms with van der Waals surface area (Å²) in [6, 6.07) is 15.2. The molecular weight excluding hydrogens is 352 g/mol. The first-order valence-electron chi connectivity index (χ1n) is 9.83. The number of anilines is 2. The molecule has 0 radical (unpaired) electrons. The average molecular weight is 380 g/mol. The lowest BCUT2D eigenvalue weighted by Gasteiger charge is -2.17. The third kappa shape index (κ3) is 5.12. The lowest BCUT2D eigenvalue weighted by Crippen LogP contribution is -2.28. The number of aryl methyl sites for hydroxylation is 1. The molecule has 2 aromatic carbocycles. The minimum absolute atomic E-state index is 0.0158. The quantitative estimate of drug-likeness (QED) is 0.774. The molecule has 1 aliphatic heterocycles. The van der Waals surface area contributed by atoms with Gasteiger partial charge in [0.1, 0.15) is 5.75 Å². The van der Waals surface area contributed by atoms with Crippen LogP contribution < -0.4 is 15.0 Å². The van der Waals surface area contributed by atoms with Crippen molar-refractivity contribution in [3.63, 3.8) is 0 Å². The molecule has 2 aromatic rings. The molecule has 2 amide bonds. The maximum absolute atomic E-state index is 12.6. The Morgan fingerprint density at radius 1 is 1.14 bits per heavy atom. The minimum Gasteiger partial charge on any atom is -0.494 e. The summed E-state index contributed by atoms with van der Waals surface area (Å²) in [4.78, 5) is 26.6. The van der Waals surface area contributed by atoms with Gasteiger partial charge >= 0.3 is 0 Å². The summed E-state index contributed by atoms with van der Waals surface area (Å²) in [7, 11) is 0. The van der Waals surface area contributed by atoms with E-state index in [0.717, 1.165) is 23.4 Å². The van der Waals surface area contributed by atoms with Crippen molar-refractivity contribution in [2.75, 3.05) is 23.4 Å². The smallest absolute Gasteiger partial charge is 0.229 e. The van der Waals surface area contributed by atoms with Gasteiger partial charge in [-0.2, -0.15) is 0 Å². The number of hydrogen-bond acceptors (Lipinski definition) is 3.